The van der Waals surface area contributed by atoms with E-state index in [0.717, 1.165) is 31.4 Å². The highest BCUT2D eigenvalue weighted by molar-refractivity contribution is 7.89. The number of ether oxygens (including phenoxy) is 1. The number of nitrogens with zero attached hydrogens (tertiary/aromatic N) is 1. The zero-order chi connectivity index (χ0) is 26.0. The number of primary sulfonamides is 1. The van der Waals surface area contributed by atoms with Gasteiger partial charge in [-0.25, -0.2) is 13.6 Å². The Kier molecular flexibility index (Phi) is 9.95. The Bertz CT molecular complexity index is 1200. The fourth-order valence-corrected chi connectivity index (χ4v) is 4.48. The van der Waals surface area contributed by atoms with Crippen molar-refractivity contribution in [2.75, 3.05) is 24.5 Å². The van der Waals surface area contributed by atoms with Gasteiger partial charge in [0.25, 0.3) is 5.91 Å². The van der Waals surface area contributed by atoms with Crippen LogP contribution in [0.5, 0.6) is 11.5 Å². The average molecular weight is 514 g/mol. The van der Waals surface area contributed by atoms with E-state index in [4.69, 9.17) is 14.3 Å². The number of nitrogens with two attached hydrogens (primary N) is 1. The number of sulfonamides is 1. The van der Waals surface area contributed by atoms with Crippen LogP contribution in [-0.4, -0.2) is 34.0 Å². The molecule has 36 heavy (non-hydrogen) atoms. The third-order valence-corrected chi connectivity index (χ3v) is 6.62. The molecule has 0 fully saturated rings. The van der Waals surface area contributed by atoms with Crippen LogP contribution in [-0.2, 0) is 16.4 Å². The molecule has 2 aromatic carbocycles. The molecule has 9 heteroatoms. The molecule has 0 saturated heterocycles. The number of amides is 1. The number of benzene rings is 2. The lowest BCUT2D eigenvalue weighted by Crippen LogP contribution is -2.29. The van der Waals surface area contributed by atoms with E-state index in [1.807, 2.05) is 12.1 Å². The van der Waals surface area contributed by atoms with E-state index in [-0.39, 0.29) is 16.2 Å². The number of hydrogen-bond acceptors (Lipinski definition) is 6. The monoisotopic (exact) mass is 513 g/mol. The lowest BCUT2D eigenvalue weighted by Gasteiger charge is -2.28. The van der Waals surface area contributed by atoms with E-state index in [1.165, 1.54) is 6.07 Å². The summed E-state index contributed by atoms with van der Waals surface area (Å²) in [7, 11) is -4.21. The van der Waals surface area contributed by atoms with Gasteiger partial charge in [0.1, 0.15) is 16.4 Å². The number of carbonyl (C=O) groups excluding carboxylic acids is 1. The highest BCUT2D eigenvalue weighted by atomic mass is 32.2. The van der Waals surface area contributed by atoms with E-state index in [2.05, 4.69) is 24.1 Å². The molecule has 0 saturated carbocycles. The fourth-order valence-electron chi connectivity index (χ4n) is 3.78. The summed E-state index contributed by atoms with van der Waals surface area (Å²) in [6, 6.07) is 15.5. The predicted molar refractivity (Wildman–Crippen MR) is 141 cm³/mol. The lowest BCUT2D eigenvalue weighted by molar-refractivity contribution is 0.0953. The third kappa shape index (κ3) is 7.60. The van der Waals surface area contributed by atoms with Gasteiger partial charge < -0.3 is 19.4 Å². The van der Waals surface area contributed by atoms with Crippen LogP contribution in [0, 0.1) is 0 Å². The molecule has 0 aliphatic rings. The van der Waals surface area contributed by atoms with Crippen molar-refractivity contribution >= 4 is 21.6 Å². The summed E-state index contributed by atoms with van der Waals surface area (Å²) in [4.78, 5) is 14.9. The van der Waals surface area contributed by atoms with Crippen LogP contribution in [0.15, 0.2) is 70.2 Å². The molecule has 3 rings (SSSR count). The maximum absolute atomic E-state index is 13.1. The van der Waals surface area contributed by atoms with Crippen molar-refractivity contribution in [1.29, 1.82) is 0 Å². The van der Waals surface area contributed by atoms with Gasteiger partial charge >= 0.3 is 0 Å². The van der Waals surface area contributed by atoms with E-state index in [9.17, 15) is 13.2 Å². The summed E-state index contributed by atoms with van der Waals surface area (Å²) in [6.07, 6.45) is 5.83. The molecule has 0 bridgehead atoms. The zero-order valence-electron chi connectivity index (χ0n) is 20.9. The molecular formula is C27H35N3O5S. The highest BCUT2D eigenvalue weighted by Gasteiger charge is 2.26. The molecule has 0 atom stereocenters. The second-order valence-corrected chi connectivity index (χ2v) is 10.1. The van der Waals surface area contributed by atoms with Crippen molar-refractivity contribution in [3.63, 3.8) is 0 Å². The van der Waals surface area contributed by atoms with Crippen molar-refractivity contribution in [2.45, 2.75) is 50.8 Å². The van der Waals surface area contributed by atoms with Crippen LogP contribution < -0.4 is 20.1 Å². The van der Waals surface area contributed by atoms with Gasteiger partial charge in [0, 0.05) is 31.6 Å². The summed E-state index contributed by atoms with van der Waals surface area (Å²) < 4.78 is 36.9. The van der Waals surface area contributed by atoms with Crippen LogP contribution in [0.2, 0.25) is 0 Å². The third-order valence-electron chi connectivity index (χ3n) is 5.71. The predicted octanol–water partition coefficient (Wildman–Crippen LogP) is 5.10. The molecule has 8 nitrogen and oxygen atoms in total. The summed E-state index contributed by atoms with van der Waals surface area (Å²) in [6.45, 7) is 5.91. The number of furan rings is 1. The van der Waals surface area contributed by atoms with Gasteiger partial charge in [-0.3, -0.25) is 4.79 Å². The molecule has 0 aliphatic heterocycles. The second-order valence-electron chi connectivity index (χ2n) is 8.56. The fraction of sp³-hybridized carbons (Fsp3) is 0.370. The molecule has 0 aliphatic carbocycles. The Balaban J connectivity index is 2.05. The first kappa shape index (κ1) is 27.3. The van der Waals surface area contributed by atoms with Gasteiger partial charge in [-0.1, -0.05) is 44.9 Å². The smallest absolute Gasteiger partial charge is 0.251 e. The lowest BCUT2D eigenvalue weighted by atomic mass is 10.1. The number of rotatable bonds is 14. The Labute approximate surface area is 213 Å². The van der Waals surface area contributed by atoms with Crippen LogP contribution in [0.4, 0.5) is 5.69 Å². The first-order valence-corrected chi connectivity index (χ1v) is 13.9. The van der Waals surface area contributed by atoms with Gasteiger partial charge in [0.05, 0.1) is 12.0 Å². The largest absolute Gasteiger partial charge is 0.469 e. The normalized spacial score (nSPS) is 11.3. The van der Waals surface area contributed by atoms with E-state index >= 15 is 0 Å². The summed E-state index contributed by atoms with van der Waals surface area (Å²) >= 11 is 0. The molecular weight excluding hydrogens is 478 g/mol. The molecule has 0 unspecified atom stereocenters. The molecule has 3 N–H and O–H groups in total. The van der Waals surface area contributed by atoms with Gasteiger partial charge in [0.2, 0.25) is 10.0 Å². The van der Waals surface area contributed by atoms with Crippen LogP contribution in [0.3, 0.4) is 0 Å². The summed E-state index contributed by atoms with van der Waals surface area (Å²) in [5.41, 5.74) is 0.732. The van der Waals surface area contributed by atoms with Crippen molar-refractivity contribution in [3.8, 4) is 11.5 Å². The Morgan fingerprint density at radius 2 is 1.72 bits per heavy atom. The number of nitrogens with one attached hydrogen (secondary N) is 1. The SMILES string of the molecule is CCCCN(CCCC)c1cc(C(=O)NCCc2ccco2)cc(S(N)(=O)=O)c1Oc1ccccc1. The van der Waals surface area contributed by atoms with E-state index in [0.29, 0.717) is 37.5 Å². The maximum Gasteiger partial charge on any atom is 0.251 e. The second kappa shape index (κ2) is 13.1. The van der Waals surface area contributed by atoms with Crippen LogP contribution in [0.25, 0.3) is 0 Å². The van der Waals surface area contributed by atoms with Crippen LogP contribution >= 0.6 is 0 Å². The quantitative estimate of drug-likeness (QED) is 0.310. The average Bonchev–Trinajstić information content (AvgIpc) is 3.38. The Hall–Kier alpha value is -3.30. The van der Waals surface area contributed by atoms with Crippen molar-refractivity contribution in [2.24, 2.45) is 5.14 Å². The number of anilines is 1. The maximum atomic E-state index is 13.1. The Morgan fingerprint density at radius 3 is 2.31 bits per heavy atom. The molecule has 0 spiro atoms. The number of unbranched alkanes of at least 4 members (excludes halogenated alkanes) is 2. The van der Waals surface area contributed by atoms with E-state index in [1.54, 1.807) is 42.7 Å². The minimum Gasteiger partial charge on any atom is -0.469 e. The van der Waals surface area contributed by atoms with Crippen molar-refractivity contribution in [1.82, 2.24) is 5.32 Å². The molecule has 1 aromatic heterocycles. The first-order valence-electron chi connectivity index (χ1n) is 12.3. The summed E-state index contributed by atoms with van der Waals surface area (Å²) in [5, 5.41) is 8.49. The first-order chi connectivity index (χ1) is 17.3. The topological polar surface area (TPSA) is 115 Å². The summed E-state index contributed by atoms with van der Waals surface area (Å²) in [5.74, 6) is 0.955. The van der Waals surface area contributed by atoms with Gasteiger partial charge in [0.15, 0.2) is 5.75 Å². The molecule has 3 aromatic rings. The number of para-hydroxylation sites is 1. The minimum atomic E-state index is -4.21. The minimum absolute atomic E-state index is 0.128. The van der Waals surface area contributed by atoms with Gasteiger partial charge in [-0.05, 0) is 49.2 Å². The Morgan fingerprint density at radius 1 is 1.03 bits per heavy atom. The number of carbonyl (C=O) groups is 1. The van der Waals surface area contributed by atoms with Crippen molar-refractivity contribution < 1.29 is 22.4 Å². The van der Waals surface area contributed by atoms with Gasteiger partial charge in [-0.2, -0.15) is 0 Å². The van der Waals surface area contributed by atoms with Gasteiger partial charge in [-0.15, -0.1) is 0 Å². The number of hydrogen-bond donors (Lipinski definition) is 2. The van der Waals surface area contributed by atoms with Crippen LogP contribution in [0.1, 0.15) is 55.6 Å². The molecule has 1 heterocycles. The van der Waals surface area contributed by atoms with Crippen molar-refractivity contribution in [3.05, 3.63) is 72.2 Å². The van der Waals surface area contributed by atoms with E-state index < -0.39 is 15.9 Å². The highest BCUT2D eigenvalue weighted by Crippen LogP contribution is 2.39. The molecule has 194 valence electrons. The standard InChI is InChI=1S/C27H35N3O5S/c1-3-5-16-30(17-6-4-2)24-19-21(27(31)29-15-14-22-13-10-18-34-22)20-25(36(28,32)33)26(24)35-23-11-8-7-9-12-23/h7-13,18-20H,3-6,14-17H2,1-2H3,(H,29,31)(H2,28,32,33). The molecule has 1 amide bonds. The zero-order valence-corrected chi connectivity index (χ0v) is 21.7. The molecule has 0 radical (unpaired) electrons.